The zero-order valence-electron chi connectivity index (χ0n) is 35.1. The highest BCUT2D eigenvalue weighted by Crippen LogP contribution is 2.44. The highest BCUT2D eigenvalue weighted by Gasteiger charge is 2.34. The molecule has 3 amide bonds. The van der Waals surface area contributed by atoms with Gasteiger partial charge in [0, 0.05) is 36.3 Å². The van der Waals surface area contributed by atoms with Crippen molar-refractivity contribution in [3.8, 4) is 17.1 Å². The van der Waals surface area contributed by atoms with Crippen LogP contribution >= 0.6 is 7.37 Å². The summed E-state index contributed by atoms with van der Waals surface area (Å²) in [5.41, 5.74) is 3.39. The van der Waals surface area contributed by atoms with Gasteiger partial charge in [-0.3, -0.25) is 18.9 Å². The topological polar surface area (TPSA) is 166 Å². The molecule has 0 aliphatic carbocycles. The van der Waals surface area contributed by atoms with Crippen molar-refractivity contribution in [3.63, 3.8) is 0 Å². The highest BCUT2D eigenvalue weighted by molar-refractivity contribution is 7.66. The Morgan fingerprint density at radius 2 is 1.72 bits per heavy atom. The molecule has 2 N–H and O–H groups in total. The fourth-order valence-corrected chi connectivity index (χ4v) is 8.34. The number of rotatable bonds is 22. The molecule has 0 spiro atoms. The predicted octanol–water partition coefficient (Wildman–Crippen LogP) is 7.25. The van der Waals surface area contributed by atoms with Crippen LogP contribution < -0.4 is 25.6 Å². The molecule has 322 valence electrons. The molecule has 1 saturated heterocycles. The van der Waals surface area contributed by atoms with E-state index in [1.54, 1.807) is 37.0 Å². The van der Waals surface area contributed by atoms with Crippen LogP contribution in [0.15, 0.2) is 83.3 Å². The minimum absolute atomic E-state index is 0.0131. The third kappa shape index (κ3) is 12.3. The van der Waals surface area contributed by atoms with Gasteiger partial charge in [-0.05, 0) is 86.3 Å². The first-order valence-electron chi connectivity index (χ1n) is 20.6. The summed E-state index contributed by atoms with van der Waals surface area (Å²) in [4.78, 5) is 60.7. The normalized spacial score (nSPS) is 14.7. The van der Waals surface area contributed by atoms with E-state index in [0.717, 1.165) is 42.2 Å². The summed E-state index contributed by atoms with van der Waals surface area (Å²) in [5.74, 6) is -1.64. The van der Waals surface area contributed by atoms with Gasteiger partial charge in [-0.15, -0.1) is 0 Å². The van der Waals surface area contributed by atoms with Crippen LogP contribution in [0.25, 0.3) is 11.3 Å². The second-order valence-corrected chi connectivity index (χ2v) is 17.1. The second-order valence-electron chi connectivity index (χ2n) is 14.7. The van der Waals surface area contributed by atoms with E-state index >= 15 is 0 Å². The molecular weight excluding hydrogens is 787 g/mol. The molecule has 0 radical (unpaired) electrons. The highest BCUT2D eigenvalue weighted by atomic mass is 31.2. The number of anilines is 1. The SMILES string of the molecule is CCCCC[C@@H](C(=O)NCNC(=O)c1ccc(-c2cc(OCC)cc(P(C)(=O)OCc3ccccc3)c2)o1)[C@@H](CC)N(C=O)OC(=O)c1ccc(N2CCOCC2)cc1C. The molecule has 1 aliphatic rings. The van der Waals surface area contributed by atoms with E-state index < -0.39 is 37.1 Å². The van der Waals surface area contributed by atoms with Gasteiger partial charge in [0.05, 0.1) is 50.6 Å². The Morgan fingerprint density at radius 3 is 2.40 bits per heavy atom. The van der Waals surface area contributed by atoms with Crippen molar-refractivity contribution in [2.24, 2.45) is 5.92 Å². The second kappa shape index (κ2) is 22.3. The van der Waals surface area contributed by atoms with Crippen LogP contribution in [0.5, 0.6) is 5.75 Å². The molecule has 3 aromatic carbocycles. The Kier molecular flexibility index (Phi) is 16.9. The minimum Gasteiger partial charge on any atom is -0.494 e. The van der Waals surface area contributed by atoms with Crippen molar-refractivity contribution < 1.29 is 47.0 Å². The van der Waals surface area contributed by atoms with Gasteiger partial charge in [0.1, 0.15) is 11.5 Å². The van der Waals surface area contributed by atoms with Gasteiger partial charge >= 0.3 is 5.97 Å². The number of morpholine rings is 1. The summed E-state index contributed by atoms with van der Waals surface area (Å²) in [6, 6.07) is 22.4. The Hall–Kier alpha value is -5.43. The average Bonchev–Trinajstić information content (AvgIpc) is 3.76. The molecule has 0 saturated carbocycles. The van der Waals surface area contributed by atoms with Crippen LogP contribution in [0.3, 0.4) is 0 Å². The van der Waals surface area contributed by atoms with Crippen LogP contribution in [-0.4, -0.2) is 81.5 Å². The Bertz CT molecular complexity index is 2100. The van der Waals surface area contributed by atoms with Crippen molar-refractivity contribution in [2.75, 3.05) is 51.1 Å². The first kappa shape index (κ1) is 45.7. The van der Waals surface area contributed by atoms with E-state index in [2.05, 4.69) is 15.5 Å². The number of aryl methyl sites for hydroxylation is 1. The lowest BCUT2D eigenvalue weighted by atomic mass is 9.90. The number of nitrogens with one attached hydrogen (secondary N) is 2. The average molecular weight is 845 g/mol. The smallest absolute Gasteiger partial charge is 0.363 e. The van der Waals surface area contributed by atoms with Crippen LogP contribution in [-0.2, 0) is 34.9 Å². The number of unbranched alkanes of at least 4 members (excludes halogenated alkanes) is 2. The van der Waals surface area contributed by atoms with Gasteiger partial charge < -0.3 is 38.8 Å². The lowest BCUT2D eigenvalue weighted by Gasteiger charge is -2.32. The largest absolute Gasteiger partial charge is 0.494 e. The summed E-state index contributed by atoms with van der Waals surface area (Å²) in [5, 5.41) is 6.81. The molecule has 1 aromatic heterocycles. The van der Waals surface area contributed by atoms with Crippen LogP contribution in [0.1, 0.15) is 84.9 Å². The lowest BCUT2D eigenvalue weighted by molar-refractivity contribution is -0.171. The van der Waals surface area contributed by atoms with Gasteiger partial charge in [0.2, 0.25) is 19.7 Å². The van der Waals surface area contributed by atoms with E-state index in [4.69, 9.17) is 23.3 Å². The van der Waals surface area contributed by atoms with E-state index in [1.165, 1.54) is 6.07 Å². The Morgan fingerprint density at radius 1 is 0.950 bits per heavy atom. The van der Waals surface area contributed by atoms with Gasteiger partial charge in [0.25, 0.3) is 5.91 Å². The maximum Gasteiger partial charge on any atom is 0.363 e. The van der Waals surface area contributed by atoms with Crippen LogP contribution in [0, 0.1) is 12.8 Å². The number of ether oxygens (including phenoxy) is 2. The molecule has 1 aliphatic heterocycles. The van der Waals surface area contributed by atoms with Crippen molar-refractivity contribution in [1.82, 2.24) is 15.7 Å². The lowest BCUT2D eigenvalue weighted by Crippen LogP contribution is -2.49. The number of furan rings is 1. The first-order chi connectivity index (χ1) is 29.0. The van der Waals surface area contributed by atoms with E-state index in [9.17, 15) is 23.7 Å². The molecule has 1 fully saturated rings. The standard InChI is InChI=1S/C45H57N4O10P/c1-6-9-11-16-39(40(7-2)49(31-50)59-45(53)38-18-17-35(25-32(38)4)48-21-23-55-24-22-48)43(51)46-30-47-44(52)42-20-19-41(58-42)34-26-36(56-8-3)28-37(27-34)60(5,54)57-29-33-14-12-10-13-15-33/h10,12-15,17-20,25-28,31,39-40H,6-9,11,16,21-24,29-30H2,1-5H3,(H,46,51)(H,47,52)/t39-,40-,60?/m1/s1. The molecule has 0 bridgehead atoms. The van der Waals surface area contributed by atoms with Crippen LogP contribution in [0.4, 0.5) is 5.69 Å². The molecular formula is C45H57N4O10P. The molecule has 5 rings (SSSR count). The fraction of sp³-hybridized carbons (Fsp3) is 0.422. The minimum atomic E-state index is -3.30. The van der Waals surface area contributed by atoms with Gasteiger partial charge in [-0.1, -0.05) is 63.4 Å². The maximum atomic E-state index is 13.8. The number of hydrogen-bond acceptors (Lipinski definition) is 11. The number of nitrogens with zero attached hydrogens (tertiary/aromatic N) is 2. The third-order valence-corrected chi connectivity index (χ3v) is 12.2. The van der Waals surface area contributed by atoms with Crippen molar-refractivity contribution >= 4 is 42.6 Å². The van der Waals surface area contributed by atoms with Crippen molar-refractivity contribution in [1.29, 1.82) is 0 Å². The Balaban J connectivity index is 1.23. The van der Waals surface area contributed by atoms with Crippen LogP contribution in [0.2, 0.25) is 0 Å². The number of hydrogen-bond donors (Lipinski definition) is 2. The molecule has 1 unspecified atom stereocenters. The Labute approximate surface area is 352 Å². The summed E-state index contributed by atoms with van der Waals surface area (Å²) in [7, 11) is -3.30. The molecule has 14 nitrogen and oxygen atoms in total. The summed E-state index contributed by atoms with van der Waals surface area (Å²) in [6.45, 7) is 12.1. The number of carbonyl (C=O) groups is 4. The molecule has 2 heterocycles. The number of benzene rings is 3. The first-order valence-corrected chi connectivity index (χ1v) is 22.6. The summed E-state index contributed by atoms with van der Waals surface area (Å²) >= 11 is 0. The zero-order valence-corrected chi connectivity index (χ0v) is 36.0. The molecule has 15 heteroatoms. The van der Waals surface area contributed by atoms with Gasteiger partial charge in [0.15, 0.2) is 5.76 Å². The van der Waals surface area contributed by atoms with E-state index in [1.807, 2.05) is 70.2 Å². The molecule has 60 heavy (non-hydrogen) atoms. The predicted molar refractivity (Wildman–Crippen MR) is 229 cm³/mol. The van der Waals surface area contributed by atoms with Crippen molar-refractivity contribution in [3.05, 3.63) is 101 Å². The fourth-order valence-electron chi connectivity index (χ4n) is 7.06. The van der Waals surface area contributed by atoms with E-state index in [0.29, 0.717) is 79.0 Å². The van der Waals surface area contributed by atoms with E-state index in [-0.39, 0.29) is 19.0 Å². The number of amides is 3. The number of hydroxylamine groups is 2. The van der Waals surface area contributed by atoms with Crippen molar-refractivity contribution in [2.45, 2.75) is 72.4 Å². The van der Waals surface area contributed by atoms with Gasteiger partial charge in [-0.2, -0.15) is 5.06 Å². The molecule has 3 atom stereocenters. The third-order valence-electron chi connectivity index (χ3n) is 10.4. The summed E-state index contributed by atoms with van der Waals surface area (Å²) < 4.78 is 36.8. The van der Waals surface area contributed by atoms with Gasteiger partial charge in [-0.25, -0.2) is 4.79 Å². The zero-order chi connectivity index (χ0) is 43.1. The number of carbonyl (C=O) groups excluding carboxylic acids is 4. The summed E-state index contributed by atoms with van der Waals surface area (Å²) in [6.07, 6.45) is 3.66. The maximum absolute atomic E-state index is 13.8. The monoisotopic (exact) mass is 844 g/mol. The quantitative estimate of drug-likeness (QED) is 0.0269. The molecule has 4 aromatic rings.